The van der Waals surface area contributed by atoms with E-state index in [9.17, 15) is 9.59 Å². The van der Waals surface area contributed by atoms with Gasteiger partial charge in [-0.25, -0.2) is 4.98 Å². The number of benzene rings is 1. The number of imidazole rings is 1. The van der Waals surface area contributed by atoms with Crippen LogP contribution in [0.15, 0.2) is 41.7 Å². The van der Waals surface area contributed by atoms with E-state index in [4.69, 9.17) is 9.47 Å². The van der Waals surface area contributed by atoms with Gasteiger partial charge in [0.15, 0.2) is 5.16 Å². The first-order chi connectivity index (χ1) is 14.7. The number of aromatic nitrogens is 2. The summed E-state index contributed by atoms with van der Waals surface area (Å²) in [6.45, 7) is 4.15. The fourth-order valence-electron chi connectivity index (χ4n) is 3.36. The van der Waals surface area contributed by atoms with Gasteiger partial charge in [-0.15, -0.1) is 0 Å². The highest BCUT2D eigenvalue weighted by Crippen LogP contribution is 2.28. The summed E-state index contributed by atoms with van der Waals surface area (Å²) in [6, 6.07) is 10.1. The third-order valence-electron chi connectivity index (χ3n) is 4.82. The average molecular weight is 432 g/mol. The van der Waals surface area contributed by atoms with Gasteiger partial charge >= 0.3 is 5.97 Å². The van der Waals surface area contributed by atoms with E-state index in [-0.39, 0.29) is 23.7 Å². The Labute approximate surface area is 181 Å². The lowest BCUT2D eigenvalue weighted by Crippen LogP contribution is -2.27. The second-order valence-corrected chi connectivity index (χ2v) is 8.03. The molecule has 0 aliphatic carbocycles. The minimum Gasteiger partial charge on any atom is -0.466 e. The summed E-state index contributed by atoms with van der Waals surface area (Å²) in [5.74, 6) is -0.0292. The lowest BCUT2D eigenvalue weighted by atomic mass is 10.1. The molecule has 2 aromatic rings. The van der Waals surface area contributed by atoms with Gasteiger partial charge in [0.25, 0.3) is 0 Å². The third kappa shape index (κ3) is 6.60. The second kappa shape index (κ2) is 11.8. The Kier molecular flexibility index (Phi) is 8.77. The number of ether oxygens (including phenoxy) is 2. The highest BCUT2D eigenvalue weighted by atomic mass is 32.2. The maximum atomic E-state index is 12.2. The van der Waals surface area contributed by atoms with E-state index in [2.05, 4.69) is 27.0 Å². The topological polar surface area (TPSA) is 82.5 Å². The zero-order valence-corrected chi connectivity index (χ0v) is 18.2. The Hall–Kier alpha value is -2.32. The molecule has 162 valence electrons. The maximum absolute atomic E-state index is 12.2. The van der Waals surface area contributed by atoms with Crippen molar-refractivity contribution in [2.75, 3.05) is 25.5 Å². The van der Waals surface area contributed by atoms with Gasteiger partial charge in [-0.3, -0.25) is 9.59 Å². The Morgan fingerprint density at radius 1 is 1.33 bits per heavy atom. The molecule has 3 rings (SSSR count). The van der Waals surface area contributed by atoms with E-state index in [1.165, 1.54) is 11.8 Å². The van der Waals surface area contributed by atoms with Gasteiger partial charge in [0.2, 0.25) is 5.91 Å². The molecule has 1 saturated heterocycles. The number of hydrogen-bond acceptors (Lipinski definition) is 6. The fraction of sp³-hybridized carbons (Fsp3) is 0.500. The molecule has 1 aliphatic heterocycles. The number of carbonyl (C=O) groups excluding carboxylic acids is 2. The van der Waals surface area contributed by atoms with E-state index in [1.54, 1.807) is 6.92 Å². The molecule has 7 nitrogen and oxygen atoms in total. The number of amides is 1. The average Bonchev–Trinajstić information content (AvgIpc) is 3.41. The lowest BCUT2D eigenvalue weighted by molar-refractivity contribution is -0.143. The molecule has 0 saturated carbocycles. The molecule has 1 amide bonds. The molecule has 1 atom stereocenters. The number of esters is 1. The van der Waals surface area contributed by atoms with Crippen LogP contribution in [0.2, 0.25) is 0 Å². The van der Waals surface area contributed by atoms with Crippen LogP contribution in [0.4, 0.5) is 0 Å². The standard InChI is InChI=1S/C22H29N3O4S/c1-2-28-21(27)11-6-12-23-20(26)16-30-22-24-14-19(17-8-4-3-5-9-17)25(22)15-18-10-7-13-29-18/h3-5,8-9,14,18H,2,6-7,10-13,15-16H2,1H3,(H,23,26)/t18-/m0/s1. The van der Waals surface area contributed by atoms with E-state index >= 15 is 0 Å². The monoisotopic (exact) mass is 431 g/mol. The van der Waals surface area contributed by atoms with Crippen molar-refractivity contribution in [3.05, 3.63) is 36.5 Å². The van der Waals surface area contributed by atoms with Crippen LogP contribution >= 0.6 is 11.8 Å². The highest BCUT2D eigenvalue weighted by molar-refractivity contribution is 7.99. The van der Waals surface area contributed by atoms with Crippen molar-refractivity contribution in [3.8, 4) is 11.3 Å². The molecule has 1 aromatic heterocycles. The number of nitrogens with one attached hydrogen (secondary N) is 1. The van der Waals surface area contributed by atoms with Crippen molar-refractivity contribution in [1.82, 2.24) is 14.9 Å². The summed E-state index contributed by atoms with van der Waals surface area (Å²) >= 11 is 1.42. The van der Waals surface area contributed by atoms with Crippen LogP contribution in [0.1, 0.15) is 32.6 Å². The fourth-order valence-corrected chi connectivity index (χ4v) is 4.17. The number of nitrogens with zero attached hydrogens (tertiary/aromatic N) is 2. The van der Waals surface area contributed by atoms with Crippen molar-refractivity contribution in [2.24, 2.45) is 0 Å². The van der Waals surface area contributed by atoms with Gasteiger partial charge in [0.1, 0.15) is 0 Å². The normalized spacial score (nSPS) is 15.8. The molecule has 0 radical (unpaired) electrons. The molecule has 1 aromatic carbocycles. The van der Waals surface area contributed by atoms with Crippen LogP contribution in [-0.2, 0) is 25.6 Å². The summed E-state index contributed by atoms with van der Waals surface area (Å²) in [5.41, 5.74) is 2.13. The van der Waals surface area contributed by atoms with Crippen molar-refractivity contribution in [3.63, 3.8) is 0 Å². The highest BCUT2D eigenvalue weighted by Gasteiger charge is 2.21. The van der Waals surface area contributed by atoms with Gasteiger partial charge in [0.05, 0.1) is 36.9 Å². The van der Waals surface area contributed by atoms with Crippen molar-refractivity contribution >= 4 is 23.6 Å². The van der Waals surface area contributed by atoms with E-state index in [1.807, 2.05) is 24.4 Å². The predicted molar refractivity (Wildman–Crippen MR) is 116 cm³/mol. The summed E-state index contributed by atoms with van der Waals surface area (Å²) in [6.07, 6.45) is 5.05. The predicted octanol–water partition coefficient (Wildman–Crippen LogP) is 3.28. The minimum absolute atomic E-state index is 0.0724. The molecule has 0 unspecified atom stereocenters. The molecule has 1 N–H and O–H groups in total. The number of carbonyl (C=O) groups is 2. The summed E-state index contributed by atoms with van der Waals surface area (Å²) in [5, 5.41) is 3.66. The van der Waals surface area contributed by atoms with Gasteiger partial charge in [-0.05, 0) is 31.7 Å². The smallest absolute Gasteiger partial charge is 0.305 e. The molecule has 0 spiro atoms. The van der Waals surface area contributed by atoms with Crippen molar-refractivity contribution in [1.29, 1.82) is 0 Å². The first-order valence-electron chi connectivity index (χ1n) is 10.4. The molecule has 30 heavy (non-hydrogen) atoms. The molecule has 2 heterocycles. The zero-order valence-electron chi connectivity index (χ0n) is 17.3. The lowest BCUT2D eigenvalue weighted by Gasteiger charge is -2.16. The zero-order chi connectivity index (χ0) is 21.2. The largest absolute Gasteiger partial charge is 0.466 e. The Morgan fingerprint density at radius 3 is 2.90 bits per heavy atom. The van der Waals surface area contributed by atoms with Crippen LogP contribution in [0.5, 0.6) is 0 Å². The number of rotatable bonds is 11. The van der Waals surface area contributed by atoms with E-state index in [0.29, 0.717) is 26.0 Å². The number of hydrogen-bond donors (Lipinski definition) is 1. The van der Waals surface area contributed by atoms with Gasteiger partial charge in [-0.2, -0.15) is 0 Å². The molecule has 8 heteroatoms. The Bertz CT molecular complexity index is 819. The second-order valence-electron chi connectivity index (χ2n) is 7.08. The molecule has 1 fully saturated rings. The SMILES string of the molecule is CCOC(=O)CCCNC(=O)CSc1ncc(-c2ccccc2)n1C[C@@H]1CCCO1. The summed E-state index contributed by atoms with van der Waals surface area (Å²) in [4.78, 5) is 28.1. The van der Waals surface area contributed by atoms with Crippen LogP contribution in [0.3, 0.4) is 0 Å². The van der Waals surface area contributed by atoms with Crippen LogP contribution in [0.25, 0.3) is 11.3 Å². The van der Waals surface area contributed by atoms with E-state index in [0.717, 1.165) is 42.4 Å². The minimum atomic E-state index is -0.231. The van der Waals surface area contributed by atoms with E-state index < -0.39 is 0 Å². The van der Waals surface area contributed by atoms with Gasteiger partial charge in [-0.1, -0.05) is 42.1 Å². The first-order valence-corrected chi connectivity index (χ1v) is 11.4. The van der Waals surface area contributed by atoms with Gasteiger partial charge < -0.3 is 19.4 Å². The molecular weight excluding hydrogens is 402 g/mol. The van der Waals surface area contributed by atoms with Crippen molar-refractivity contribution in [2.45, 2.75) is 50.4 Å². The Morgan fingerprint density at radius 2 is 2.17 bits per heavy atom. The van der Waals surface area contributed by atoms with Crippen LogP contribution < -0.4 is 5.32 Å². The van der Waals surface area contributed by atoms with Gasteiger partial charge in [0, 0.05) is 19.6 Å². The van der Waals surface area contributed by atoms with Crippen LogP contribution in [0, 0.1) is 0 Å². The Balaban J connectivity index is 1.56. The summed E-state index contributed by atoms with van der Waals surface area (Å²) < 4.78 is 12.9. The molecule has 0 bridgehead atoms. The summed E-state index contributed by atoms with van der Waals surface area (Å²) in [7, 11) is 0. The van der Waals surface area contributed by atoms with Crippen molar-refractivity contribution < 1.29 is 19.1 Å². The first kappa shape index (κ1) is 22.4. The molecular formula is C22H29N3O4S. The quantitative estimate of drug-likeness (QED) is 0.334. The molecule has 1 aliphatic rings. The van der Waals surface area contributed by atoms with Crippen LogP contribution in [-0.4, -0.2) is 53.0 Å². The maximum Gasteiger partial charge on any atom is 0.305 e. The number of thioether (sulfide) groups is 1. The third-order valence-corrected chi connectivity index (χ3v) is 5.81.